The second-order valence-corrected chi connectivity index (χ2v) is 6.71. The third-order valence-corrected chi connectivity index (χ3v) is 4.64. The van der Waals surface area contributed by atoms with Crippen molar-refractivity contribution in [3.05, 3.63) is 29.8 Å². The van der Waals surface area contributed by atoms with E-state index >= 15 is 0 Å². The molecule has 88 valence electrons. The maximum Gasteiger partial charge on any atom is 0.0310 e. The van der Waals surface area contributed by atoms with Gasteiger partial charge in [-0.05, 0) is 43.2 Å². The van der Waals surface area contributed by atoms with Gasteiger partial charge in [-0.2, -0.15) is 0 Å². The predicted molar refractivity (Wildman–Crippen MR) is 73.6 cm³/mol. The highest BCUT2D eigenvalue weighted by atomic mass is 35.5. The van der Waals surface area contributed by atoms with Gasteiger partial charge in [0.25, 0.3) is 0 Å². The topological polar surface area (TPSA) is 0 Å². The molecular formula is C14H19ClS. The van der Waals surface area contributed by atoms with Crippen molar-refractivity contribution in [3.8, 4) is 0 Å². The van der Waals surface area contributed by atoms with Crippen molar-refractivity contribution in [1.29, 1.82) is 0 Å². The Hall–Kier alpha value is -0.140. The van der Waals surface area contributed by atoms with Crippen LogP contribution in [0.4, 0.5) is 0 Å². The standard InChI is InChI=1S/C14H19ClS/c1-10(7-11(2)15)8-12-9-16-14-6-4-3-5-13(12)14/h3-6,10-12H,7-9H2,1-2H3. The molecule has 0 spiro atoms. The molecule has 0 bridgehead atoms. The summed E-state index contributed by atoms with van der Waals surface area (Å²) >= 11 is 8.06. The lowest BCUT2D eigenvalue weighted by molar-refractivity contribution is 0.455. The summed E-state index contributed by atoms with van der Waals surface area (Å²) in [5.74, 6) is 2.72. The number of hydrogen-bond acceptors (Lipinski definition) is 1. The molecule has 1 aliphatic heterocycles. The predicted octanol–water partition coefficient (Wildman–Crippen LogP) is 4.92. The van der Waals surface area contributed by atoms with Gasteiger partial charge in [0.2, 0.25) is 0 Å². The lowest BCUT2D eigenvalue weighted by atomic mass is 9.89. The molecule has 1 aliphatic rings. The van der Waals surface area contributed by atoms with Gasteiger partial charge in [-0.1, -0.05) is 25.1 Å². The van der Waals surface area contributed by atoms with E-state index in [1.807, 2.05) is 11.8 Å². The minimum absolute atomic E-state index is 0.305. The average molecular weight is 255 g/mol. The summed E-state index contributed by atoms with van der Waals surface area (Å²) in [7, 11) is 0. The highest BCUT2D eigenvalue weighted by Gasteiger charge is 2.24. The molecule has 0 aromatic heterocycles. The first-order valence-corrected chi connectivity index (χ1v) is 7.45. The first-order valence-electron chi connectivity index (χ1n) is 6.02. The van der Waals surface area contributed by atoms with E-state index < -0.39 is 0 Å². The van der Waals surface area contributed by atoms with Crippen molar-refractivity contribution in [3.63, 3.8) is 0 Å². The fourth-order valence-corrected chi connectivity index (χ4v) is 4.14. The molecule has 0 aliphatic carbocycles. The van der Waals surface area contributed by atoms with Crippen molar-refractivity contribution in [2.24, 2.45) is 5.92 Å². The summed E-state index contributed by atoms with van der Waals surface area (Å²) < 4.78 is 0. The Morgan fingerprint density at radius 2 is 2.12 bits per heavy atom. The number of halogens is 1. The molecule has 2 rings (SSSR count). The van der Waals surface area contributed by atoms with E-state index in [2.05, 4.69) is 38.1 Å². The van der Waals surface area contributed by atoms with Crippen LogP contribution < -0.4 is 0 Å². The maximum atomic E-state index is 6.05. The number of rotatable bonds is 4. The van der Waals surface area contributed by atoms with E-state index in [0.29, 0.717) is 5.38 Å². The second-order valence-electron chi connectivity index (χ2n) is 4.90. The van der Waals surface area contributed by atoms with E-state index in [9.17, 15) is 0 Å². The molecule has 1 heterocycles. The highest BCUT2D eigenvalue weighted by Crippen LogP contribution is 2.42. The molecule has 0 nitrogen and oxygen atoms in total. The van der Waals surface area contributed by atoms with Crippen LogP contribution in [0.3, 0.4) is 0 Å². The van der Waals surface area contributed by atoms with E-state index in [1.165, 1.54) is 17.1 Å². The Kier molecular flexibility index (Phi) is 4.21. The quantitative estimate of drug-likeness (QED) is 0.688. The molecule has 0 radical (unpaired) electrons. The lowest BCUT2D eigenvalue weighted by Crippen LogP contribution is -2.08. The summed E-state index contributed by atoms with van der Waals surface area (Å²) in [6, 6.07) is 8.83. The molecule has 1 aromatic carbocycles. The van der Waals surface area contributed by atoms with E-state index in [4.69, 9.17) is 11.6 Å². The van der Waals surface area contributed by atoms with Gasteiger partial charge in [0.1, 0.15) is 0 Å². The molecule has 0 amide bonds. The molecule has 1 aromatic rings. The van der Waals surface area contributed by atoms with Crippen molar-refractivity contribution in [1.82, 2.24) is 0 Å². The van der Waals surface area contributed by atoms with Gasteiger partial charge < -0.3 is 0 Å². The Balaban J connectivity index is 1.98. The number of benzene rings is 1. The number of alkyl halides is 1. The van der Waals surface area contributed by atoms with Crippen molar-refractivity contribution in [2.75, 3.05) is 5.75 Å². The van der Waals surface area contributed by atoms with Gasteiger partial charge in [-0.15, -0.1) is 23.4 Å². The van der Waals surface area contributed by atoms with Gasteiger partial charge in [-0.25, -0.2) is 0 Å². The summed E-state index contributed by atoms with van der Waals surface area (Å²) in [6.45, 7) is 4.42. The Morgan fingerprint density at radius 3 is 2.88 bits per heavy atom. The fraction of sp³-hybridized carbons (Fsp3) is 0.571. The molecule has 3 unspecified atom stereocenters. The summed E-state index contributed by atoms with van der Waals surface area (Å²) in [5.41, 5.74) is 1.56. The number of hydrogen-bond donors (Lipinski definition) is 0. The van der Waals surface area contributed by atoms with Crippen molar-refractivity contribution in [2.45, 2.75) is 42.9 Å². The van der Waals surface area contributed by atoms with E-state index in [1.54, 1.807) is 5.56 Å². The SMILES string of the molecule is CC(Cl)CC(C)CC1CSc2ccccc21. The minimum atomic E-state index is 0.305. The third-order valence-electron chi connectivity index (χ3n) is 3.21. The molecule has 16 heavy (non-hydrogen) atoms. The van der Waals surface area contributed by atoms with Gasteiger partial charge in [0.05, 0.1) is 0 Å². The summed E-state index contributed by atoms with van der Waals surface area (Å²) in [4.78, 5) is 1.48. The monoisotopic (exact) mass is 254 g/mol. The van der Waals surface area contributed by atoms with Crippen LogP contribution in [-0.2, 0) is 0 Å². The highest BCUT2D eigenvalue weighted by molar-refractivity contribution is 7.99. The Labute approximate surface area is 108 Å². The smallest absolute Gasteiger partial charge is 0.0310 e. The van der Waals surface area contributed by atoms with Gasteiger partial charge in [-0.3, -0.25) is 0 Å². The molecule has 0 saturated heterocycles. The van der Waals surface area contributed by atoms with E-state index in [0.717, 1.165) is 18.3 Å². The number of fused-ring (bicyclic) bond motifs is 1. The second kappa shape index (κ2) is 5.46. The van der Waals surface area contributed by atoms with Crippen LogP contribution >= 0.6 is 23.4 Å². The molecule has 0 N–H and O–H groups in total. The van der Waals surface area contributed by atoms with E-state index in [-0.39, 0.29) is 0 Å². The average Bonchev–Trinajstić information content (AvgIpc) is 2.61. The van der Waals surface area contributed by atoms with Crippen LogP contribution in [0.2, 0.25) is 0 Å². The van der Waals surface area contributed by atoms with Crippen LogP contribution in [0, 0.1) is 5.92 Å². The van der Waals surface area contributed by atoms with Crippen LogP contribution in [0.15, 0.2) is 29.2 Å². The molecule has 3 atom stereocenters. The van der Waals surface area contributed by atoms with Gasteiger partial charge in [0, 0.05) is 16.0 Å². The van der Waals surface area contributed by atoms with Gasteiger partial charge in [0.15, 0.2) is 0 Å². The zero-order valence-corrected chi connectivity index (χ0v) is 11.5. The third kappa shape index (κ3) is 2.95. The zero-order chi connectivity index (χ0) is 11.5. The Bertz CT molecular complexity index is 348. The summed E-state index contributed by atoms with van der Waals surface area (Å²) in [5, 5.41) is 0.305. The molecule has 0 saturated carbocycles. The minimum Gasteiger partial charge on any atom is -0.125 e. The Morgan fingerprint density at radius 1 is 1.38 bits per heavy atom. The van der Waals surface area contributed by atoms with Gasteiger partial charge >= 0.3 is 0 Å². The number of thioether (sulfide) groups is 1. The summed E-state index contributed by atoms with van der Waals surface area (Å²) in [6.07, 6.45) is 2.41. The van der Waals surface area contributed by atoms with Crippen molar-refractivity contribution >= 4 is 23.4 Å². The lowest BCUT2D eigenvalue weighted by Gasteiger charge is -2.17. The van der Waals surface area contributed by atoms with Crippen LogP contribution in [0.5, 0.6) is 0 Å². The van der Waals surface area contributed by atoms with Crippen LogP contribution in [0.25, 0.3) is 0 Å². The van der Waals surface area contributed by atoms with Crippen LogP contribution in [-0.4, -0.2) is 11.1 Å². The molecular weight excluding hydrogens is 236 g/mol. The van der Waals surface area contributed by atoms with Crippen LogP contribution in [0.1, 0.15) is 38.2 Å². The van der Waals surface area contributed by atoms with Crippen molar-refractivity contribution < 1.29 is 0 Å². The molecule has 2 heteroatoms. The fourth-order valence-electron chi connectivity index (χ4n) is 2.56. The maximum absolute atomic E-state index is 6.05. The first-order chi connectivity index (χ1) is 7.66. The normalized spacial score (nSPS) is 22.8. The zero-order valence-electron chi connectivity index (χ0n) is 9.95. The largest absolute Gasteiger partial charge is 0.125 e. The molecule has 0 fully saturated rings. The first kappa shape index (κ1) is 12.3.